The van der Waals surface area contributed by atoms with Crippen LogP contribution in [0, 0.1) is 6.92 Å². The molecule has 1 fully saturated rings. The molecule has 0 bridgehead atoms. The molecule has 7 heteroatoms. The summed E-state index contributed by atoms with van der Waals surface area (Å²) in [6, 6.07) is 12.5. The number of nitrogens with zero attached hydrogens (tertiary/aromatic N) is 4. The first-order valence-corrected chi connectivity index (χ1v) is 9.74. The molecule has 0 spiro atoms. The molecule has 2 aromatic rings. The molecule has 0 saturated carbocycles. The predicted molar refractivity (Wildman–Crippen MR) is 115 cm³/mol. The lowest BCUT2D eigenvalue weighted by Gasteiger charge is -2.37. The number of hydrazone groups is 1. The van der Waals surface area contributed by atoms with Crippen LogP contribution >= 0.6 is 12.2 Å². The number of benzene rings is 1. The lowest BCUT2D eigenvalue weighted by molar-refractivity contribution is 0.381. The molecule has 6 nitrogen and oxygen atoms in total. The molecule has 140 valence electrons. The van der Waals surface area contributed by atoms with Crippen LogP contribution in [-0.4, -0.2) is 53.4 Å². The van der Waals surface area contributed by atoms with E-state index in [9.17, 15) is 0 Å². The fourth-order valence-corrected chi connectivity index (χ4v) is 3.80. The van der Waals surface area contributed by atoms with E-state index < -0.39 is 0 Å². The van der Waals surface area contributed by atoms with Crippen molar-refractivity contribution in [1.82, 2.24) is 15.3 Å². The van der Waals surface area contributed by atoms with Gasteiger partial charge in [-0.25, -0.2) is 0 Å². The zero-order chi connectivity index (χ0) is 18.6. The number of pyridine rings is 1. The van der Waals surface area contributed by atoms with Crippen LogP contribution in [0.25, 0.3) is 0 Å². The van der Waals surface area contributed by atoms with Gasteiger partial charge in [0, 0.05) is 51.0 Å². The Kier molecular flexibility index (Phi) is 5.20. The van der Waals surface area contributed by atoms with Crippen LogP contribution in [0.4, 0.5) is 11.4 Å². The van der Waals surface area contributed by atoms with E-state index in [1.165, 1.54) is 11.3 Å². The summed E-state index contributed by atoms with van der Waals surface area (Å²) in [5.41, 5.74) is 8.60. The number of thiocarbonyl (C=S) groups is 1. The topological polar surface area (TPSA) is 55.8 Å². The van der Waals surface area contributed by atoms with Crippen LogP contribution < -0.4 is 15.6 Å². The molecule has 0 aliphatic carbocycles. The largest absolute Gasteiger partial charge is 0.383 e. The molecule has 3 heterocycles. The fraction of sp³-hybridized carbons (Fsp3) is 0.350. The number of piperazine rings is 1. The number of rotatable bonds is 2. The normalized spacial score (nSPS) is 18.0. The third-order valence-electron chi connectivity index (χ3n) is 5.07. The number of aryl methyl sites for hydroxylation is 1. The number of fused-ring (bicyclic) bond motifs is 1. The third kappa shape index (κ3) is 3.88. The molecular weight excluding hydrogens is 356 g/mol. The zero-order valence-corrected chi connectivity index (χ0v) is 16.3. The fourth-order valence-electron chi connectivity index (χ4n) is 3.58. The summed E-state index contributed by atoms with van der Waals surface area (Å²) in [4.78, 5) is 9.06. The first kappa shape index (κ1) is 17.7. The van der Waals surface area contributed by atoms with Crippen LogP contribution in [-0.2, 0) is 0 Å². The van der Waals surface area contributed by atoms with Crippen LogP contribution in [0.3, 0.4) is 0 Å². The number of aromatic nitrogens is 1. The Morgan fingerprint density at radius 1 is 1.15 bits per heavy atom. The van der Waals surface area contributed by atoms with E-state index in [4.69, 9.17) is 12.2 Å². The van der Waals surface area contributed by atoms with Gasteiger partial charge in [0.25, 0.3) is 0 Å². The summed E-state index contributed by atoms with van der Waals surface area (Å²) in [5.74, 6) is 0. The van der Waals surface area contributed by atoms with Crippen LogP contribution in [0.2, 0.25) is 0 Å². The molecule has 4 rings (SSSR count). The van der Waals surface area contributed by atoms with Gasteiger partial charge in [-0.1, -0.05) is 18.2 Å². The number of para-hydroxylation sites is 1. The molecule has 0 amide bonds. The Labute approximate surface area is 165 Å². The highest BCUT2D eigenvalue weighted by atomic mass is 32.1. The van der Waals surface area contributed by atoms with Crippen LogP contribution in [0.5, 0.6) is 0 Å². The van der Waals surface area contributed by atoms with Crippen molar-refractivity contribution >= 4 is 34.4 Å². The maximum atomic E-state index is 5.58. The van der Waals surface area contributed by atoms with Gasteiger partial charge in [0.05, 0.1) is 11.4 Å². The summed E-state index contributed by atoms with van der Waals surface area (Å²) in [5, 5.41) is 8.59. The van der Waals surface area contributed by atoms with E-state index in [1.54, 1.807) is 6.20 Å². The monoisotopic (exact) mass is 380 g/mol. The second kappa shape index (κ2) is 7.92. The SMILES string of the molecule is Cc1ccccc1N1CCN(C(=S)N/N=C2/CCNc3cccnc32)CC1. The van der Waals surface area contributed by atoms with Crippen molar-refractivity contribution in [2.45, 2.75) is 13.3 Å². The van der Waals surface area contributed by atoms with Crippen LogP contribution in [0.1, 0.15) is 17.7 Å². The van der Waals surface area contributed by atoms with Gasteiger partial charge in [0.2, 0.25) is 0 Å². The van der Waals surface area contributed by atoms with Gasteiger partial charge in [-0.3, -0.25) is 10.4 Å². The van der Waals surface area contributed by atoms with Crippen LogP contribution in [0.15, 0.2) is 47.7 Å². The number of hydrogen-bond donors (Lipinski definition) is 2. The average Bonchev–Trinajstić information content (AvgIpc) is 2.72. The molecular formula is C20H24N6S. The highest BCUT2D eigenvalue weighted by Gasteiger charge is 2.21. The first-order chi connectivity index (χ1) is 13.2. The smallest absolute Gasteiger partial charge is 0.189 e. The second-order valence-electron chi connectivity index (χ2n) is 6.81. The van der Waals surface area contributed by atoms with Crippen molar-refractivity contribution < 1.29 is 0 Å². The van der Waals surface area contributed by atoms with E-state index in [2.05, 4.69) is 61.8 Å². The van der Waals surface area contributed by atoms with E-state index in [0.29, 0.717) is 5.11 Å². The van der Waals surface area contributed by atoms with E-state index in [1.807, 2.05) is 12.1 Å². The minimum atomic E-state index is 0.683. The molecule has 1 aromatic heterocycles. The molecule has 2 N–H and O–H groups in total. The van der Waals surface area contributed by atoms with E-state index in [-0.39, 0.29) is 0 Å². The lowest BCUT2D eigenvalue weighted by Crippen LogP contribution is -2.51. The van der Waals surface area contributed by atoms with Gasteiger partial charge in [0.1, 0.15) is 5.69 Å². The maximum Gasteiger partial charge on any atom is 0.189 e. The Morgan fingerprint density at radius 3 is 2.78 bits per heavy atom. The molecule has 27 heavy (non-hydrogen) atoms. The van der Waals surface area contributed by atoms with E-state index in [0.717, 1.165) is 56.2 Å². The van der Waals surface area contributed by atoms with Crippen molar-refractivity contribution in [3.8, 4) is 0 Å². The maximum absolute atomic E-state index is 5.58. The minimum Gasteiger partial charge on any atom is -0.383 e. The summed E-state index contributed by atoms with van der Waals surface area (Å²) in [6.07, 6.45) is 2.63. The van der Waals surface area contributed by atoms with Gasteiger partial charge in [-0.15, -0.1) is 0 Å². The van der Waals surface area contributed by atoms with Gasteiger partial charge in [-0.2, -0.15) is 5.10 Å². The molecule has 1 saturated heterocycles. The van der Waals surface area contributed by atoms with Crippen molar-refractivity contribution in [3.05, 3.63) is 53.9 Å². The quantitative estimate of drug-likeness (QED) is 0.617. The van der Waals surface area contributed by atoms with Gasteiger partial charge >= 0.3 is 0 Å². The van der Waals surface area contributed by atoms with Crippen molar-refractivity contribution in [2.75, 3.05) is 42.9 Å². The molecule has 0 unspecified atom stereocenters. The van der Waals surface area contributed by atoms with E-state index >= 15 is 0 Å². The standard InChI is InChI=1S/C20H24N6S/c1-15-5-2-3-7-18(15)25-11-13-26(14-12-25)20(27)24-23-17-8-10-21-16-6-4-9-22-19(16)17/h2-7,9,21H,8,10-14H2,1H3,(H,24,27)/b23-17-. The number of hydrogen-bond acceptors (Lipinski definition) is 5. The minimum absolute atomic E-state index is 0.683. The molecule has 0 atom stereocenters. The predicted octanol–water partition coefficient (Wildman–Crippen LogP) is 2.61. The lowest BCUT2D eigenvalue weighted by atomic mass is 10.1. The third-order valence-corrected chi connectivity index (χ3v) is 5.42. The second-order valence-corrected chi connectivity index (χ2v) is 7.20. The molecule has 1 aromatic carbocycles. The van der Waals surface area contributed by atoms with Gasteiger partial charge < -0.3 is 15.1 Å². The highest BCUT2D eigenvalue weighted by molar-refractivity contribution is 7.80. The number of anilines is 2. The Bertz CT molecular complexity index is 857. The number of nitrogens with one attached hydrogen (secondary N) is 2. The van der Waals surface area contributed by atoms with Gasteiger partial charge in [0.15, 0.2) is 5.11 Å². The summed E-state index contributed by atoms with van der Waals surface area (Å²) in [7, 11) is 0. The molecule has 2 aliphatic heterocycles. The van der Waals surface area contributed by atoms with Crippen molar-refractivity contribution in [1.29, 1.82) is 0 Å². The molecule has 2 aliphatic rings. The van der Waals surface area contributed by atoms with Crippen molar-refractivity contribution in [3.63, 3.8) is 0 Å². The molecule has 0 radical (unpaired) electrons. The Hall–Kier alpha value is -2.67. The average molecular weight is 381 g/mol. The zero-order valence-electron chi connectivity index (χ0n) is 15.5. The summed E-state index contributed by atoms with van der Waals surface area (Å²) < 4.78 is 0. The Balaban J connectivity index is 1.36. The first-order valence-electron chi connectivity index (χ1n) is 9.34. The van der Waals surface area contributed by atoms with Gasteiger partial charge in [-0.05, 0) is 42.9 Å². The highest BCUT2D eigenvalue weighted by Crippen LogP contribution is 2.21. The Morgan fingerprint density at radius 2 is 1.96 bits per heavy atom. The van der Waals surface area contributed by atoms with Crippen molar-refractivity contribution in [2.24, 2.45) is 5.10 Å². The summed E-state index contributed by atoms with van der Waals surface area (Å²) in [6.45, 7) is 6.72. The summed E-state index contributed by atoms with van der Waals surface area (Å²) >= 11 is 5.58.